The van der Waals surface area contributed by atoms with Crippen molar-refractivity contribution in [2.24, 2.45) is 0 Å². The van der Waals surface area contributed by atoms with Gasteiger partial charge < -0.3 is 15.2 Å². The number of hydrogen-bond donors (Lipinski definition) is 2. The fraction of sp³-hybridized carbons (Fsp3) is 1.00. The monoisotopic (exact) mass is 297 g/mol. The highest BCUT2D eigenvalue weighted by molar-refractivity contribution is 4.94. The average molecular weight is 297 g/mol. The van der Waals surface area contributed by atoms with Gasteiger partial charge in [-0.05, 0) is 38.5 Å². The summed E-state index contributed by atoms with van der Waals surface area (Å²) in [7, 11) is 0. The molecule has 0 bridgehead atoms. The quantitative estimate of drug-likeness (QED) is 0.576. The number of aliphatic hydroxyl groups excluding tert-OH is 1. The molecule has 0 aromatic carbocycles. The van der Waals surface area contributed by atoms with Gasteiger partial charge in [-0.2, -0.15) is 13.2 Å². The molecule has 1 aliphatic rings. The van der Waals surface area contributed by atoms with Crippen molar-refractivity contribution in [2.45, 2.75) is 69.6 Å². The lowest BCUT2D eigenvalue weighted by Gasteiger charge is -2.32. The molecule has 6 heteroatoms. The zero-order valence-electron chi connectivity index (χ0n) is 12.1. The molecule has 0 spiro atoms. The Labute approximate surface area is 118 Å². The second-order valence-electron chi connectivity index (χ2n) is 5.65. The summed E-state index contributed by atoms with van der Waals surface area (Å²) >= 11 is 0. The molecule has 0 radical (unpaired) electrons. The van der Waals surface area contributed by atoms with Crippen LogP contribution in [0.5, 0.6) is 0 Å². The summed E-state index contributed by atoms with van der Waals surface area (Å²) in [5.74, 6) is 0. The van der Waals surface area contributed by atoms with Gasteiger partial charge in [0.15, 0.2) is 0 Å². The van der Waals surface area contributed by atoms with E-state index >= 15 is 0 Å². The van der Waals surface area contributed by atoms with Crippen molar-refractivity contribution in [3.05, 3.63) is 0 Å². The van der Waals surface area contributed by atoms with Gasteiger partial charge in [-0.15, -0.1) is 0 Å². The van der Waals surface area contributed by atoms with Gasteiger partial charge in [0, 0.05) is 31.2 Å². The van der Waals surface area contributed by atoms with E-state index in [0.29, 0.717) is 12.6 Å². The van der Waals surface area contributed by atoms with Crippen LogP contribution < -0.4 is 5.32 Å². The second kappa shape index (κ2) is 8.20. The van der Waals surface area contributed by atoms with Crippen LogP contribution in [0, 0.1) is 0 Å². The lowest BCUT2D eigenvalue weighted by molar-refractivity contribution is -0.137. The third-order valence-corrected chi connectivity index (χ3v) is 3.76. The van der Waals surface area contributed by atoms with Crippen LogP contribution >= 0.6 is 0 Å². The summed E-state index contributed by atoms with van der Waals surface area (Å²) in [6, 6.07) is 0.523. The zero-order chi connectivity index (χ0) is 15.1. The van der Waals surface area contributed by atoms with Crippen molar-refractivity contribution in [3.63, 3.8) is 0 Å². The van der Waals surface area contributed by atoms with Crippen LogP contribution in [0.15, 0.2) is 0 Å². The van der Waals surface area contributed by atoms with Gasteiger partial charge >= 0.3 is 6.18 Å². The number of nitrogens with one attached hydrogen (secondary N) is 1. The summed E-state index contributed by atoms with van der Waals surface area (Å²) in [4.78, 5) is 0. The molecule has 0 aliphatic heterocycles. The predicted octanol–water partition coefficient (Wildman–Crippen LogP) is 3.02. The normalized spacial score (nSPS) is 19.1. The number of ether oxygens (including phenoxy) is 1. The van der Waals surface area contributed by atoms with E-state index in [-0.39, 0.29) is 25.2 Å². The highest BCUT2D eigenvalue weighted by Gasteiger charge is 2.33. The Morgan fingerprint density at radius 1 is 1.15 bits per heavy atom. The van der Waals surface area contributed by atoms with Crippen molar-refractivity contribution in [3.8, 4) is 0 Å². The minimum absolute atomic E-state index is 0.0166. The zero-order valence-corrected chi connectivity index (χ0v) is 12.1. The predicted molar refractivity (Wildman–Crippen MR) is 71.6 cm³/mol. The highest BCUT2D eigenvalue weighted by Crippen LogP contribution is 2.27. The Morgan fingerprint density at radius 3 is 2.20 bits per heavy atom. The Bertz CT molecular complexity index is 264. The van der Waals surface area contributed by atoms with Gasteiger partial charge in [0.2, 0.25) is 0 Å². The molecule has 1 aliphatic carbocycles. The van der Waals surface area contributed by atoms with Crippen LogP contribution in [0.3, 0.4) is 0 Å². The van der Waals surface area contributed by atoms with Gasteiger partial charge in [0.05, 0.1) is 6.61 Å². The molecule has 120 valence electrons. The Hall–Kier alpha value is -0.330. The van der Waals surface area contributed by atoms with Gasteiger partial charge in [0.1, 0.15) is 0 Å². The van der Waals surface area contributed by atoms with E-state index < -0.39 is 12.6 Å². The fourth-order valence-electron chi connectivity index (χ4n) is 2.24. The molecule has 1 atom stereocenters. The maximum absolute atomic E-state index is 11.9. The highest BCUT2D eigenvalue weighted by atomic mass is 19.4. The topological polar surface area (TPSA) is 41.5 Å². The average Bonchev–Trinajstić information content (AvgIpc) is 3.19. The molecule has 3 nitrogen and oxygen atoms in total. The first-order valence-corrected chi connectivity index (χ1v) is 7.44. The molecule has 20 heavy (non-hydrogen) atoms. The summed E-state index contributed by atoms with van der Waals surface area (Å²) in [6.07, 6.45) is -0.157. The van der Waals surface area contributed by atoms with Gasteiger partial charge in [-0.25, -0.2) is 0 Å². The lowest BCUT2D eigenvalue weighted by atomic mass is 9.91. The SMILES string of the molecule is CCC(CO)(CCCOCCCC(F)(F)F)NC1CC1. The molecule has 0 aromatic rings. The number of alkyl halides is 3. The third-order valence-electron chi connectivity index (χ3n) is 3.76. The molecule has 1 saturated carbocycles. The van der Waals surface area contributed by atoms with Crippen molar-refractivity contribution in [2.75, 3.05) is 19.8 Å². The Kier molecular flexibility index (Phi) is 7.26. The Balaban J connectivity index is 2.08. The van der Waals surface area contributed by atoms with Crippen molar-refractivity contribution < 1.29 is 23.0 Å². The Morgan fingerprint density at radius 2 is 1.75 bits per heavy atom. The molecule has 2 N–H and O–H groups in total. The number of hydrogen-bond acceptors (Lipinski definition) is 3. The van der Waals surface area contributed by atoms with E-state index in [0.717, 1.165) is 32.1 Å². The first kappa shape index (κ1) is 17.7. The van der Waals surface area contributed by atoms with E-state index in [1.165, 1.54) is 0 Å². The maximum Gasteiger partial charge on any atom is 0.389 e. The number of rotatable bonds is 11. The van der Waals surface area contributed by atoms with Crippen LogP contribution in [0.2, 0.25) is 0 Å². The largest absolute Gasteiger partial charge is 0.394 e. The maximum atomic E-state index is 11.9. The van der Waals surface area contributed by atoms with Crippen LogP contribution in [0.1, 0.15) is 51.9 Å². The minimum Gasteiger partial charge on any atom is -0.394 e. The molecule has 1 rings (SSSR count). The van der Waals surface area contributed by atoms with Crippen LogP contribution in [0.4, 0.5) is 13.2 Å². The summed E-state index contributed by atoms with van der Waals surface area (Å²) in [6.45, 7) is 2.73. The van der Waals surface area contributed by atoms with Gasteiger partial charge in [0.25, 0.3) is 0 Å². The molecule has 0 saturated heterocycles. The molecule has 1 unspecified atom stereocenters. The van der Waals surface area contributed by atoms with Crippen LogP contribution in [-0.2, 0) is 4.74 Å². The third kappa shape index (κ3) is 7.45. The summed E-state index contributed by atoms with van der Waals surface area (Å²) in [5.41, 5.74) is -0.253. The lowest BCUT2D eigenvalue weighted by Crippen LogP contribution is -2.49. The van der Waals surface area contributed by atoms with E-state index in [2.05, 4.69) is 5.32 Å². The summed E-state index contributed by atoms with van der Waals surface area (Å²) < 4.78 is 41.0. The number of aliphatic hydroxyl groups is 1. The molecule has 0 aromatic heterocycles. The number of halogens is 3. The molecular weight excluding hydrogens is 271 g/mol. The van der Waals surface area contributed by atoms with Crippen LogP contribution in [0.25, 0.3) is 0 Å². The molecule has 0 heterocycles. The van der Waals surface area contributed by atoms with E-state index in [1.54, 1.807) is 0 Å². The van der Waals surface area contributed by atoms with E-state index in [4.69, 9.17) is 4.74 Å². The minimum atomic E-state index is -4.09. The first-order valence-electron chi connectivity index (χ1n) is 7.44. The van der Waals surface area contributed by atoms with Crippen molar-refractivity contribution in [1.29, 1.82) is 0 Å². The van der Waals surface area contributed by atoms with E-state index in [9.17, 15) is 18.3 Å². The van der Waals surface area contributed by atoms with Crippen molar-refractivity contribution >= 4 is 0 Å². The standard InChI is InChI=1S/C14H26F3NO2/c1-2-13(11-19,18-12-5-6-12)7-3-9-20-10-4-8-14(15,16)17/h12,18-19H,2-11H2,1H3. The molecule has 0 amide bonds. The smallest absolute Gasteiger partial charge is 0.389 e. The molecule has 1 fully saturated rings. The van der Waals surface area contributed by atoms with Crippen LogP contribution in [-0.4, -0.2) is 42.7 Å². The van der Waals surface area contributed by atoms with Gasteiger partial charge in [-0.1, -0.05) is 6.92 Å². The second-order valence-corrected chi connectivity index (χ2v) is 5.65. The van der Waals surface area contributed by atoms with E-state index in [1.807, 2.05) is 6.92 Å². The van der Waals surface area contributed by atoms with Gasteiger partial charge in [-0.3, -0.25) is 0 Å². The molecular formula is C14H26F3NO2. The first-order chi connectivity index (χ1) is 9.41. The van der Waals surface area contributed by atoms with Crippen molar-refractivity contribution in [1.82, 2.24) is 5.32 Å². The summed E-state index contributed by atoms with van der Waals surface area (Å²) in [5, 5.41) is 13.0. The fourth-order valence-corrected chi connectivity index (χ4v) is 2.24.